The van der Waals surface area contributed by atoms with Crippen LogP contribution in [0.25, 0.3) is 0 Å². The number of carboxylic acids is 2. The van der Waals surface area contributed by atoms with Crippen LogP contribution in [0.15, 0.2) is 121 Å². The Hall–Kier alpha value is -3.21. The summed E-state index contributed by atoms with van der Waals surface area (Å²) in [6.07, 6.45) is 0. The van der Waals surface area contributed by atoms with E-state index in [0.717, 1.165) is 0 Å². The molecule has 0 aliphatic heterocycles. The molecule has 4 rings (SSSR count). The summed E-state index contributed by atoms with van der Waals surface area (Å²) in [5.74, 6) is -1.76. The normalized spacial score (nSPS) is 8.28. The van der Waals surface area contributed by atoms with E-state index in [1.807, 2.05) is 60.7 Å². The first-order valence-electron chi connectivity index (χ1n) is 8.51. The quantitative estimate of drug-likeness (QED) is 0.327. The zero-order chi connectivity index (χ0) is 20.5. The van der Waals surface area contributed by atoms with Crippen LogP contribution in [0.4, 0.5) is 0 Å². The molecule has 0 saturated carbocycles. The Morgan fingerprint density at radius 3 is 0.931 bits per heavy atom. The molecule has 0 unspecified atom stereocenters. The summed E-state index contributed by atoms with van der Waals surface area (Å²) in [5.41, 5.74) is 0.662. The maximum Gasteiger partial charge on any atom is 2.00 e. The Morgan fingerprint density at radius 2 is 0.793 bits per heavy atom. The van der Waals surface area contributed by atoms with E-state index in [4.69, 9.17) is 10.2 Å². The fraction of sp³-hybridized carbons (Fsp3) is 0. The molecule has 5 heteroatoms. The fourth-order valence-electron chi connectivity index (χ4n) is 1.80. The van der Waals surface area contributed by atoms with Crippen molar-refractivity contribution in [2.45, 2.75) is 0 Å². The molecular weight excluding hydrogens is 400 g/mol. The molecule has 0 spiro atoms. The second-order valence-corrected chi connectivity index (χ2v) is 5.27. The summed E-state index contributed by atoms with van der Waals surface area (Å²) < 4.78 is 0. The molecule has 4 aromatic rings. The molecule has 4 aromatic carbocycles. The van der Waals surface area contributed by atoms with Gasteiger partial charge in [-0.1, -0.05) is 36.4 Å². The van der Waals surface area contributed by atoms with Gasteiger partial charge in [0.25, 0.3) is 0 Å². The maximum absolute atomic E-state index is 10.2. The minimum Gasteiger partial charge on any atom is -0.478 e. The molecule has 146 valence electrons. The second-order valence-electron chi connectivity index (χ2n) is 5.27. The molecule has 0 fully saturated rings. The molecule has 0 amide bonds. The van der Waals surface area contributed by atoms with Gasteiger partial charge < -0.3 is 10.2 Å². The van der Waals surface area contributed by atoms with Crippen molar-refractivity contribution < 1.29 is 41.5 Å². The van der Waals surface area contributed by atoms with Gasteiger partial charge in [0.1, 0.15) is 0 Å². The molecule has 29 heavy (non-hydrogen) atoms. The zero-order valence-electron chi connectivity index (χ0n) is 15.8. The van der Waals surface area contributed by atoms with Crippen molar-refractivity contribution in [2.75, 3.05) is 0 Å². The predicted octanol–water partition coefficient (Wildman–Crippen LogP) is 5.58. The van der Waals surface area contributed by atoms with E-state index in [1.54, 1.807) is 60.7 Å². The summed E-state index contributed by atoms with van der Waals surface area (Å²) >= 11 is 0. The van der Waals surface area contributed by atoms with Crippen LogP contribution in [0.2, 0.25) is 0 Å². The largest absolute Gasteiger partial charge is 2.00 e. The summed E-state index contributed by atoms with van der Waals surface area (Å²) in [6, 6.07) is 36.6. The monoisotopic (exact) mass is 422 g/mol. The van der Waals surface area contributed by atoms with Crippen molar-refractivity contribution >= 4 is 11.9 Å². The Kier molecular flexibility index (Phi) is 15.1. The Labute approximate surface area is 185 Å². The molecule has 0 bridgehead atoms. The smallest absolute Gasteiger partial charge is 0.478 e. The summed E-state index contributed by atoms with van der Waals surface area (Å²) in [7, 11) is 0. The van der Waals surface area contributed by atoms with Crippen molar-refractivity contribution in [2.24, 2.45) is 0 Å². The molecule has 0 aliphatic rings. The number of carbonyl (C=O) groups is 2. The zero-order valence-corrected chi connectivity index (χ0v) is 17.3. The molecule has 0 radical (unpaired) electrons. The molecule has 0 aromatic heterocycles. The summed E-state index contributed by atoms with van der Waals surface area (Å²) in [4.78, 5) is 20.4. The maximum atomic E-state index is 10.2. The number of hydrogen-bond donors (Lipinski definition) is 2. The van der Waals surface area contributed by atoms with E-state index in [2.05, 4.69) is 0 Å². The minimum atomic E-state index is -0.879. The van der Waals surface area contributed by atoms with Crippen molar-refractivity contribution in [3.63, 3.8) is 0 Å². The average molecular weight is 422 g/mol. The Morgan fingerprint density at radius 1 is 0.517 bits per heavy atom. The van der Waals surface area contributed by atoms with E-state index in [0.29, 0.717) is 11.1 Å². The number of rotatable bonds is 2. The molecule has 0 heterocycles. The van der Waals surface area contributed by atoms with Crippen LogP contribution in [0.1, 0.15) is 20.7 Å². The SMILES string of the molecule is O=C(O)c1ccccc1.O=C(O)c1ccccc1.[Ti+2].c1cc[cH-]c1.c1cc[cH-]c1. The van der Waals surface area contributed by atoms with Crippen LogP contribution >= 0.6 is 0 Å². The third-order valence-electron chi connectivity index (χ3n) is 3.15. The van der Waals surface area contributed by atoms with Gasteiger partial charge in [0.15, 0.2) is 0 Å². The van der Waals surface area contributed by atoms with Crippen LogP contribution in [-0.2, 0) is 21.7 Å². The van der Waals surface area contributed by atoms with E-state index < -0.39 is 11.9 Å². The molecule has 4 nitrogen and oxygen atoms in total. The van der Waals surface area contributed by atoms with Gasteiger partial charge in [-0.05, 0) is 24.3 Å². The van der Waals surface area contributed by atoms with Crippen molar-refractivity contribution in [3.8, 4) is 0 Å². The standard InChI is InChI=1S/2C7H6O2.2C5H5.Ti/c2*8-7(9)6-4-2-1-3-5-6;2*1-2-4-5-3-1;/h2*1-5H,(H,8,9);2*1-5H;/q;;2*-1;+2. The first-order valence-corrected chi connectivity index (χ1v) is 8.51. The van der Waals surface area contributed by atoms with Gasteiger partial charge in [-0.2, -0.15) is 36.4 Å². The van der Waals surface area contributed by atoms with Crippen LogP contribution in [0.3, 0.4) is 0 Å². The summed E-state index contributed by atoms with van der Waals surface area (Å²) in [6.45, 7) is 0. The molecule has 0 atom stereocenters. The van der Waals surface area contributed by atoms with Crippen molar-refractivity contribution in [1.29, 1.82) is 0 Å². The third kappa shape index (κ3) is 13.6. The van der Waals surface area contributed by atoms with Crippen molar-refractivity contribution in [1.82, 2.24) is 0 Å². The minimum absolute atomic E-state index is 0. The first-order chi connectivity index (χ1) is 13.6. The van der Waals surface area contributed by atoms with E-state index >= 15 is 0 Å². The molecule has 2 N–H and O–H groups in total. The topological polar surface area (TPSA) is 74.6 Å². The third-order valence-corrected chi connectivity index (χ3v) is 3.15. The van der Waals surface area contributed by atoms with Gasteiger partial charge in [-0.15, -0.1) is 0 Å². The predicted molar refractivity (Wildman–Crippen MR) is 111 cm³/mol. The van der Waals surface area contributed by atoms with Crippen molar-refractivity contribution in [3.05, 3.63) is 132 Å². The van der Waals surface area contributed by atoms with Crippen LogP contribution < -0.4 is 0 Å². The average Bonchev–Trinajstić information content (AvgIpc) is 3.48. The van der Waals surface area contributed by atoms with Crippen LogP contribution in [0, 0.1) is 0 Å². The van der Waals surface area contributed by atoms with Gasteiger partial charge in [0, 0.05) is 0 Å². The van der Waals surface area contributed by atoms with Gasteiger partial charge in [-0.3, -0.25) is 0 Å². The van der Waals surface area contributed by atoms with Gasteiger partial charge in [-0.25, -0.2) is 33.9 Å². The van der Waals surface area contributed by atoms with E-state index in [1.165, 1.54) is 0 Å². The fourth-order valence-corrected chi connectivity index (χ4v) is 1.80. The number of hydrogen-bond acceptors (Lipinski definition) is 2. The second kappa shape index (κ2) is 16.9. The number of benzene rings is 2. The van der Waals surface area contributed by atoms with Gasteiger partial charge >= 0.3 is 33.7 Å². The Bertz CT molecular complexity index is 746. The van der Waals surface area contributed by atoms with E-state index in [-0.39, 0.29) is 21.7 Å². The van der Waals surface area contributed by atoms with E-state index in [9.17, 15) is 9.59 Å². The molecular formula is C24H22O4Ti. The summed E-state index contributed by atoms with van der Waals surface area (Å²) in [5, 5.41) is 16.8. The first kappa shape index (κ1) is 25.8. The van der Waals surface area contributed by atoms with Crippen LogP contribution in [0.5, 0.6) is 0 Å². The molecule has 0 aliphatic carbocycles. The van der Waals surface area contributed by atoms with Crippen LogP contribution in [-0.4, -0.2) is 22.2 Å². The van der Waals surface area contributed by atoms with Gasteiger partial charge in [0.2, 0.25) is 0 Å². The number of aromatic carboxylic acids is 2. The Balaban J connectivity index is 0.000000369. The van der Waals surface area contributed by atoms with Gasteiger partial charge in [0.05, 0.1) is 11.1 Å². The molecule has 0 saturated heterocycles. The number of carboxylic acid groups (broad SMARTS) is 2.